The van der Waals surface area contributed by atoms with E-state index in [0.29, 0.717) is 30.9 Å². The van der Waals surface area contributed by atoms with Crippen LogP contribution in [-0.4, -0.2) is 36.7 Å². The van der Waals surface area contributed by atoms with Gasteiger partial charge in [-0.05, 0) is 18.8 Å². The van der Waals surface area contributed by atoms with Gasteiger partial charge < -0.3 is 15.2 Å². The number of esters is 1. The molecule has 18 heavy (non-hydrogen) atoms. The predicted molar refractivity (Wildman–Crippen MR) is 69.3 cm³/mol. The predicted octanol–water partition coefficient (Wildman–Crippen LogP) is 1.58. The molecule has 0 fully saturated rings. The monoisotopic (exact) mass is 257 g/mol. The highest BCUT2D eigenvalue weighted by Gasteiger charge is 2.19. The number of methoxy groups -OCH3 is 1. The summed E-state index contributed by atoms with van der Waals surface area (Å²) in [7, 11) is 1.35. The number of carboxylic acids is 1. The van der Waals surface area contributed by atoms with Crippen LogP contribution in [0.3, 0.4) is 0 Å². The molecular formula is C13H23NO4. The van der Waals surface area contributed by atoms with E-state index < -0.39 is 12.0 Å². The van der Waals surface area contributed by atoms with Crippen LogP contribution < -0.4 is 5.32 Å². The molecule has 0 aromatic heterocycles. The first kappa shape index (κ1) is 16.6. The van der Waals surface area contributed by atoms with E-state index in [9.17, 15) is 9.59 Å². The minimum atomic E-state index is -0.919. The molecule has 0 bridgehead atoms. The third-order valence-electron chi connectivity index (χ3n) is 2.56. The van der Waals surface area contributed by atoms with Crippen molar-refractivity contribution in [2.24, 2.45) is 5.92 Å². The second-order valence-electron chi connectivity index (χ2n) is 4.50. The Hall–Kier alpha value is -1.36. The Morgan fingerprint density at radius 1 is 1.39 bits per heavy atom. The van der Waals surface area contributed by atoms with Gasteiger partial charge in [0.1, 0.15) is 6.04 Å². The van der Waals surface area contributed by atoms with Crippen molar-refractivity contribution in [2.45, 2.75) is 39.7 Å². The van der Waals surface area contributed by atoms with E-state index in [1.165, 1.54) is 7.11 Å². The van der Waals surface area contributed by atoms with E-state index >= 15 is 0 Å². The number of carboxylic acid groups (broad SMARTS) is 1. The van der Waals surface area contributed by atoms with Gasteiger partial charge in [0, 0.05) is 12.1 Å². The Kier molecular flexibility index (Phi) is 8.03. The fraction of sp³-hybridized carbons (Fsp3) is 0.692. The molecule has 0 aliphatic heterocycles. The largest absolute Gasteiger partial charge is 0.478 e. The lowest BCUT2D eigenvalue weighted by atomic mass is 10.0. The average Bonchev–Trinajstić information content (AvgIpc) is 2.31. The fourth-order valence-electron chi connectivity index (χ4n) is 1.58. The summed E-state index contributed by atoms with van der Waals surface area (Å²) < 4.78 is 4.71. The van der Waals surface area contributed by atoms with Crippen LogP contribution in [0.1, 0.15) is 33.6 Å². The summed E-state index contributed by atoms with van der Waals surface area (Å²) in [5.41, 5.74) is 0.343. The van der Waals surface area contributed by atoms with Gasteiger partial charge in [-0.25, -0.2) is 4.79 Å². The summed E-state index contributed by atoms with van der Waals surface area (Å²) in [6.07, 6.45) is 2.72. The highest BCUT2D eigenvalue weighted by atomic mass is 16.5. The molecule has 0 rings (SSSR count). The number of carbonyl (C=O) groups excluding carboxylic acids is 1. The van der Waals surface area contributed by atoms with Crippen LogP contribution in [0.4, 0.5) is 0 Å². The van der Waals surface area contributed by atoms with Crippen molar-refractivity contribution in [3.63, 3.8) is 0 Å². The van der Waals surface area contributed by atoms with Gasteiger partial charge in [-0.2, -0.15) is 0 Å². The van der Waals surface area contributed by atoms with Gasteiger partial charge in [0.25, 0.3) is 0 Å². The van der Waals surface area contributed by atoms with Crippen LogP contribution in [-0.2, 0) is 14.3 Å². The van der Waals surface area contributed by atoms with Gasteiger partial charge in [0.15, 0.2) is 0 Å². The molecule has 5 heteroatoms. The molecule has 5 nitrogen and oxygen atoms in total. The fourth-order valence-corrected chi connectivity index (χ4v) is 1.58. The molecule has 0 radical (unpaired) electrons. The van der Waals surface area contributed by atoms with E-state index in [-0.39, 0.29) is 5.97 Å². The Morgan fingerprint density at radius 3 is 2.39 bits per heavy atom. The van der Waals surface area contributed by atoms with Gasteiger partial charge in [-0.1, -0.05) is 26.8 Å². The zero-order valence-electron chi connectivity index (χ0n) is 11.5. The molecular weight excluding hydrogens is 234 g/mol. The number of hydrogen-bond acceptors (Lipinski definition) is 4. The Morgan fingerprint density at radius 2 is 2.00 bits per heavy atom. The molecule has 0 aromatic carbocycles. The van der Waals surface area contributed by atoms with Gasteiger partial charge in [-0.15, -0.1) is 0 Å². The molecule has 0 saturated carbocycles. The van der Waals surface area contributed by atoms with Crippen molar-refractivity contribution >= 4 is 11.9 Å². The van der Waals surface area contributed by atoms with E-state index in [1.807, 2.05) is 13.8 Å². The maximum Gasteiger partial charge on any atom is 0.331 e. The molecule has 2 N–H and O–H groups in total. The van der Waals surface area contributed by atoms with Gasteiger partial charge in [0.05, 0.1) is 7.11 Å². The van der Waals surface area contributed by atoms with Crippen LogP contribution in [0.5, 0.6) is 0 Å². The van der Waals surface area contributed by atoms with Crippen molar-refractivity contribution in [3.05, 3.63) is 11.6 Å². The Labute approximate surface area is 108 Å². The standard InChI is InChI=1S/C13H23NO4/c1-5-10(12(15)16)6-7-14-11(8-9(2)3)13(17)18-4/h6,9,11,14H,5,7-8H2,1-4H3,(H,15,16). The van der Waals surface area contributed by atoms with E-state index in [4.69, 9.17) is 9.84 Å². The smallest absolute Gasteiger partial charge is 0.331 e. The number of ether oxygens (including phenoxy) is 1. The molecule has 104 valence electrons. The minimum Gasteiger partial charge on any atom is -0.478 e. The van der Waals surface area contributed by atoms with E-state index in [2.05, 4.69) is 5.32 Å². The van der Waals surface area contributed by atoms with Crippen molar-refractivity contribution in [1.29, 1.82) is 0 Å². The third-order valence-corrected chi connectivity index (χ3v) is 2.56. The summed E-state index contributed by atoms with van der Waals surface area (Å²) in [5.74, 6) is -0.876. The maximum absolute atomic E-state index is 11.5. The molecule has 0 aliphatic carbocycles. The average molecular weight is 257 g/mol. The molecule has 0 aromatic rings. The number of aliphatic carboxylic acids is 1. The SMILES string of the molecule is CCC(=CCNC(CC(C)C)C(=O)OC)C(=O)O. The normalized spacial score (nSPS) is 13.5. The lowest BCUT2D eigenvalue weighted by Crippen LogP contribution is -2.38. The number of rotatable bonds is 8. The van der Waals surface area contributed by atoms with Crippen molar-refractivity contribution in [3.8, 4) is 0 Å². The van der Waals surface area contributed by atoms with Gasteiger partial charge in [-0.3, -0.25) is 4.79 Å². The van der Waals surface area contributed by atoms with Crippen LogP contribution >= 0.6 is 0 Å². The van der Waals surface area contributed by atoms with Gasteiger partial charge in [0.2, 0.25) is 0 Å². The second-order valence-corrected chi connectivity index (χ2v) is 4.50. The number of hydrogen-bond donors (Lipinski definition) is 2. The number of carbonyl (C=O) groups is 2. The highest BCUT2D eigenvalue weighted by Crippen LogP contribution is 2.06. The summed E-state index contributed by atoms with van der Waals surface area (Å²) in [6, 6.07) is -0.391. The molecule has 0 aliphatic rings. The topological polar surface area (TPSA) is 75.6 Å². The van der Waals surface area contributed by atoms with Crippen LogP contribution in [0.25, 0.3) is 0 Å². The van der Waals surface area contributed by atoms with E-state index in [0.717, 1.165) is 0 Å². The van der Waals surface area contributed by atoms with Crippen molar-refractivity contribution in [1.82, 2.24) is 5.32 Å². The first-order chi connectivity index (χ1) is 8.42. The summed E-state index contributed by atoms with van der Waals surface area (Å²) in [6.45, 7) is 6.16. The first-order valence-electron chi connectivity index (χ1n) is 6.15. The molecule has 1 unspecified atom stereocenters. The molecule has 0 spiro atoms. The van der Waals surface area contributed by atoms with Gasteiger partial charge >= 0.3 is 11.9 Å². The maximum atomic E-state index is 11.5. The first-order valence-corrected chi connectivity index (χ1v) is 6.15. The Bertz CT molecular complexity index is 310. The summed E-state index contributed by atoms with van der Waals surface area (Å²) >= 11 is 0. The summed E-state index contributed by atoms with van der Waals surface area (Å²) in [5, 5.41) is 11.9. The van der Waals surface area contributed by atoms with Crippen molar-refractivity contribution < 1.29 is 19.4 Å². The third kappa shape index (κ3) is 6.39. The van der Waals surface area contributed by atoms with Crippen LogP contribution in [0.2, 0.25) is 0 Å². The molecule has 0 amide bonds. The quantitative estimate of drug-likeness (QED) is 0.510. The highest BCUT2D eigenvalue weighted by molar-refractivity contribution is 5.86. The lowest BCUT2D eigenvalue weighted by Gasteiger charge is -2.17. The molecule has 0 saturated heterocycles. The van der Waals surface area contributed by atoms with E-state index in [1.54, 1.807) is 13.0 Å². The van der Waals surface area contributed by atoms with Crippen molar-refractivity contribution in [2.75, 3.05) is 13.7 Å². The molecule has 0 heterocycles. The minimum absolute atomic E-state index is 0.314. The lowest BCUT2D eigenvalue weighted by molar-refractivity contribution is -0.143. The van der Waals surface area contributed by atoms with Crippen LogP contribution in [0, 0.1) is 5.92 Å². The second kappa shape index (κ2) is 8.69. The Balaban J connectivity index is 4.43. The number of nitrogens with one attached hydrogen (secondary N) is 1. The summed E-state index contributed by atoms with van der Waals surface area (Å²) in [4.78, 5) is 22.3. The zero-order valence-corrected chi connectivity index (χ0v) is 11.5. The zero-order chi connectivity index (χ0) is 14.1. The molecule has 1 atom stereocenters. The van der Waals surface area contributed by atoms with Crippen LogP contribution in [0.15, 0.2) is 11.6 Å².